The first kappa shape index (κ1) is 13.2. The van der Waals surface area contributed by atoms with Crippen molar-refractivity contribution in [3.8, 4) is 6.07 Å². The maximum atomic E-state index is 12.8. The number of hydrogen-bond donors (Lipinski definition) is 1. The second-order valence-electron chi connectivity index (χ2n) is 4.69. The zero-order chi connectivity index (χ0) is 15.4. The number of fused-ring (bicyclic) bond motifs is 3. The minimum atomic E-state index is -4.51. The largest absolute Gasteiger partial charge is 0.416 e. The van der Waals surface area contributed by atoms with Crippen LogP contribution in [0.25, 0.3) is 16.6 Å². The third kappa shape index (κ3) is 1.88. The highest BCUT2D eigenvalue weighted by Gasteiger charge is 2.31. The van der Waals surface area contributed by atoms with Gasteiger partial charge in [0.05, 0.1) is 11.1 Å². The topological polar surface area (TPSA) is 61.1 Å². The van der Waals surface area contributed by atoms with Gasteiger partial charge in [-0.15, -0.1) is 0 Å². The molecule has 0 atom stereocenters. The molecule has 0 fully saturated rings. The lowest BCUT2D eigenvalue weighted by molar-refractivity contribution is -0.137. The van der Waals surface area contributed by atoms with Gasteiger partial charge in [-0.05, 0) is 19.1 Å². The molecule has 0 aliphatic carbocycles. The quantitative estimate of drug-likeness (QED) is 0.692. The Morgan fingerprint density at radius 2 is 2.00 bits per heavy atom. The van der Waals surface area contributed by atoms with Crippen LogP contribution < -0.4 is 5.56 Å². The molecule has 7 heteroatoms. The molecule has 3 rings (SSSR count). The monoisotopic (exact) mass is 291 g/mol. The van der Waals surface area contributed by atoms with E-state index < -0.39 is 17.3 Å². The van der Waals surface area contributed by atoms with Crippen molar-refractivity contribution in [2.45, 2.75) is 13.1 Å². The van der Waals surface area contributed by atoms with Gasteiger partial charge in [-0.2, -0.15) is 18.4 Å². The zero-order valence-electron chi connectivity index (χ0n) is 10.7. The smallest absolute Gasteiger partial charge is 0.344 e. The number of nitrogens with zero attached hydrogens (tertiary/aromatic N) is 2. The van der Waals surface area contributed by atoms with E-state index in [1.807, 2.05) is 6.07 Å². The van der Waals surface area contributed by atoms with E-state index in [-0.39, 0.29) is 16.7 Å². The molecule has 21 heavy (non-hydrogen) atoms. The van der Waals surface area contributed by atoms with Crippen LogP contribution in [0.1, 0.15) is 16.8 Å². The summed E-state index contributed by atoms with van der Waals surface area (Å²) in [4.78, 5) is 14.9. The fourth-order valence-corrected chi connectivity index (χ4v) is 2.40. The number of rotatable bonds is 0. The van der Waals surface area contributed by atoms with Crippen molar-refractivity contribution in [1.29, 1.82) is 5.26 Å². The Hall–Kier alpha value is -2.75. The molecule has 0 saturated carbocycles. The van der Waals surface area contributed by atoms with Gasteiger partial charge in [-0.3, -0.25) is 9.20 Å². The average molecular weight is 291 g/mol. The van der Waals surface area contributed by atoms with Gasteiger partial charge in [-0.25, -0.2) is 0 Å². The van der Waals surface area contributed by atoms with Gasteiger partial charge in [0.2, 0.25) is 0 Å². The first-order chi connectivity index (χ1) is 9.82. The van der Waals surface area contributed by atoms with E-state index in [4.69, 9.17) is 0 Å². The average Bonchev–Trinajstić information content (AvgIpc) is 2.69. The van der Waals surface area contributed by atoms with Gasteiger partial charge < -0.3 is 4.98 Å². The lowest BCUT2D eigenvalue weighted by Gasteiger charge is -2.06. The van der Waals surface area contributed by atoms with Gasteiger partial charge in [-0.1, -0.05) is 6.07 Å². The fraction of sp³-hybridized carbons (Fsp3) is 0.143. The summed E-state index contributed by atoms with van der Waals surface area (Å²) in [5, 5.41) is 9.54. The molecular weight excluding hydrogens is 283 g/mol. The maximum Gasteiger partial charge on any atom is 0.416 e. The van der Waals surface area contributed by atoms with E-state index in [9.17, 15) is 23.2 Å². The molecule has 0 spiro atoms. The molecule has 0 amide bonds. The summed E-state index contributed by atoms with van der Waals surface area (Å²) in [5.41, 5.74) is -0.386. The normalized spacial score (nSPS) is 12.0. The fourth-order valence-electron chi connectivity index (χ4n) is 2.40. The predicted molar refractivity (Wildman–Crippen MR) is 70.0 cm³/mol. The Balaban J connectivity index is 2.57. The van der Waals surface area contributed by atoms with Gasteiger partial charge >= 0.3 is 6.18 Å². The van der Waals surface area contributed by atoms with Crippen molar-refractivity contribution in [2.75, 3.05) is 0 Å². The van der Waals surface area contributed by atoms with Gasteiger partial charge in [0, 0.05) is 17.1 Å². The van der Waals surface area contributed by atoms with E-state index in [2.05, 4.69) is 4.98 Å². The van der Waals surface area contributed by atoms with E-state index in [1.54, 1.807) is 6.92 Å². The molecule has 2 aromatic heterocycles. The van der Waals surface area contributed by atoms with Crippen molar-refractivity contribution in [3.05, 3.63) is 51.4 Å². The minimum absolute atomic E-state index is 0.0672. The Bertz CT molecular complexity index is 973. The van der Waals surface area contributed by atoms with Crippen molar-refractivity contribution in [1.82, 2.24) is 9.38 Å². The van der Waals surface area contributed by atoms with E-state index in [0.29, 0.717) is 11.1 Å². The number of benzene rings is 1. The van der Waals surface area contributed by atoms with Crippen molar-refractivity contribution >= 4 is 16.6 Å². The van der Waals surface area contributed by atoms with Crippen LogP contribution in [0.4, 0.5) is 13.2 Å². The molecular formula is C14H8F3N3O. The Kier molecular flexibility index (Phi) is 2.60. The van der Waals surface area contributed by atoms with Crippen LogP contribution in [0.2, 0.25) is 0 Å². The third-order valence-electron chi connectivity index (χ3n) is 3.28. The van der Waals surface area contributed by atoms with Crippen LogP contribution >= 0.6 is 0 Å². The summed E-state index contributed by atoms with van der Waals surface area (Å²) >= 11 is 0. The number of aryl methyl sites for hydroxylation is 1. The highest BCUT2D eigenvalue weighted by Crippen LogP contribution is 2.33. The van der Waals surface area contributed by atoms with E-state index >= 15 is 0 Å². The summed E-state index contributed by atoms with van der Waals surface area (Å²) in [5.74, 6) is 0. The standard InChI is InChI=1S/C14H8F3N3O/c1-7-4-12(21)20-11-5-8(14(15,16)17)2-3-9(11)10(6-18)13(20)19-7/h2-5,19H,1H3. The van der Waals surface area contributed by atoms with Crippen molar-refractivity contribution < 1.29 is 13.2 Å². The second-order valence-corrected chi connectivity index (χ2v) is 4.69. The first-order valence-corrected chi connectivity index (χ1v) is 5.98. The number of hydrogen-bond acceptors (Lipinski definition) is 2. The number of alkyl halides is 3. The van der Waals surface area contributed by atoms with E-state index in [1.165, 1.54) is 12.1 Å². The van der Waals surface area contributed by atoms with Crippen LogP contribution in [0.15, 0.2) is 29.1 Å². The number of aromatic amines is 1. The molecule has 0 saturated heterocycles. The van der Waals surface area contributed by atoms with E-state index in [0.717, 1.165) is 16.5 Å². The van der Waals surface area contributed by atoms with Crippen LogP contribution in [-0.2, 0) is 6.18 Å². The molecule has 0 aliphatic rings. The molecule has 0 bridgehead atoms. The molecule has 2 heterocycles. The van der Waals surface area contributed by atoms with Crippen molar-refractivity contribution in [3.63, 3.8) is 0 Å². The summed E-state index contributed by atoms with van der Waals surface area (Å²) in [6.07, 6.45) is -4.51. The zero-order valence-corrected chi connectivity index (χ0v) is 10.7. The molecule has 0 unspecified atom stereocenters. The number of nitriles is 1. The van der Waals surface area contributed by atoms with Gasteiger partial charge in [0.15, 0.2) is 0 Å². The Labute approximate surface area is 116 Å². The molecule has 0 radical (unpaired) electrons. The summed E-state index contributed by atoms with van der Waals surface area (Å²) in [7, 11) is 0. The summed E-state index contributed by atoms with van der Waals surface area (Å²) < 4.78 is 39.5. The molecule has 1 aromatic carbocycles. The molecule has 4 nitrogen and oxygen atoms in total. The lowest BCUT2D eigenvalue weighted by atomic mass is 10.1. The molecule has 0 aliphatic heterocycles. The second kappa shape index (κ2) is 4.12. The van der Waals surface area contributed by atoms with Crippen LogP contribution in [0.5, 0.6) is 0 Å². The number of nitrogens with one attached hydrogen (secondary N) is 1. The summed E-state index contributed by atoms with van der Waals surface area (Å²) in [6, 6.07) is 6.21. The highest BCUT2D eigenvalue weighted by atomic mass is 19.4. The predicted octanol–water partition coefficient (Wildman–Crippen LogP) is 2.98. The maximum absolute atomic E-state index is 12.8. The van der Waals surface area contributed by atoms with Crippen LogP contribution in [0, 0.1) is 18.3 Å². The van der Waals surface area contributed by atoms with Gasteiger partial charge in [0.1, 0.15) is 17.3 Å². The molecule has 3 aromatic rings. The number of H-pyrrole nitrogens is 1. The number of aromatic nitrogens is 2. The van der Waals surface area contributed by atoms with Crippen LogP contribution in [-0.4, -0.2) is 9.38 Å². The number of halogens is 3. The molecule has 1 N–H and O–H groups in total. The first-order valence-electron chi connectivity index (χ1n) is 5.98. The Morgan fingerprint density at radius 1 is 1.29 bits per heavy atom. The van der Waals surface area contributed by atoms with Crippen molar-refractivity contribution in [2.24, 2.45) is 0 Å². The SMILES string of the molecule is Cc1cc(=O)n2c([nH]1)c(C#N)c1ccc(C(F)(F)F)cc12. The van der Waals surface area contributed by atoms with Gasteiger partial charge in [0.25, 0.3) is 5.56 Å². The highest BCUT2D eigenvalue weighted by molar-refractivity contribution is 5.94. The third-order valence-corrected chi connectivity index (χ3v) is 3.28. The lowest BCUT2D eigenvalue weighted by Crippen LogP contribution is -2.13. The van der Waals surface area contributed by atoms with Crippen LogP contribution in [0.3, 0.4) is 0 Å². The Morgan fingerprint density at radius 3 is 2.62 bits per heavy atom. The summed E-state index contributed by atoms with van der Waals surface area (Å²) in [6.45, 7) is 1.64. The molecule has 106 valence electrons. The minimum Gasteiger partial charge on any atom is -0.344 e.